The number of carbonyl (C=O) groups excluding carboxylic acids is 1. The topological polar surface area (TPSA) is 58.4 Å². The molecule has 1 aromatic carbocycles. The summed E-state index contributed by atoms with van der Waals surface area (Å²) < 4.78 is 1.94. The van der Waals surface area contributed by atoms with Gasteiger partial charge in [-0.25, -0.2) is 0 Å². The first-order valence-corrected chi connectivity index (χ1v) is 11.5. The summed E-state index contributed by atoms with van der Waals surface area (Å²) >= 11 is 0. The third-order valence-corrected chi connectivity index (χ3v) is 7.60. The molecule has 2 saturated carbocycles. The zero-order chi connectivity index (χ0) is 20.1. The van der Waals surface area contributed by atoms with Crippen molar-refractivity contribution in [2.45, 2.75) is 82.2 Å². The second kappa shape index (κ2) is 7.42. The van der Waals surface area contributed by atoms with Crippen LogP contribution in [0.1, 0.15) is 81.4 Å². The van der Waals surface area contributed by atoms with E-state index in [1.165, 1.54) is 36.6 Å². The Morgan fingerprint density at radius 2 is 2.07 bits per heavy atom. The van der Waals surface area contributed by atoms with E-state index in [-0.39, 0.29) is 24.5 Å². The molecule has 3 aliphatic rings. The summed E-state index contributed by atoms with van der Waals surface area (Å²) in [4.78, 5) is 16.0. The first kappa shape index (κ1) is 19.1. The van der Waals surface area contributed by atoms with Crippen molar-refractivity contribution in [1.82, 2.24) is 14.7 Å². The van der Waals surface area contributed by atoms with Gasteiger partial charge in [-0.3, -0.25) is 9.48 Å². The molecular formula is C24H33N3O2. The normalized spacial score (nSPS) is 28.0. The summed E-state index contributed by atoms with van der Waals surface area (Å²) in [7, 11) is 1.99. The fourth-order valence-corrected chi connectivity index (χ4v) is 6.04. The Morgan fingerprint density at radius 3 is 2.83 bits per heavy atom. The van der Waals surface area contributed by atoms with Crippen LogP contribution in [0, 0.1) is 5.92 Å². The summed E-state index contributed by atoms with van der Waals surface area (Å²) in [6.07, 6.45) is 8.97. The highest BCUT2D eigenvalue weighted by molar-refractivity contribution is 5.93. The number of likely N-dealkylation sites (tertiary alicyclic amines) is 1. The average molecular weight is 396 g/mol. The van der Waals surface area contributed by atoms with Crippen molar-refractivity contribution in [3.63, 3.8) is 0 Å². The van der Waals surface area contributed by atoms with Gasteiger partial charge in [-0.05, 0) is 68.9 Å². The quantitative estimate of drug-likeness (QED) is 0.829. The number of aromatic nitrogens is 2. The lowest BCUT2D eigenvalue weighted by atomic mass is 9.75. The van der Waals surface area contributed by atoms with Gasteiger partial charge in [0.1, 0.15) is 0 Å². The highest BCUT2D eigenvalue weighted by Gasteiger charge is 2.42. The molecule has 1 amide bonds. The minimum absolute atomic E-state index is 0.153. The second-order valence-corrected chi connectivity index (χ2v) is 9.58. The number of benzene rings is 1. The molecule has 2 heterocycles. The van der Waals surface area contributed by atoms with Gasteiger partial charge < -0.3 is 10.0 Å². The van der Waals surface area contributed by atoms with E-state index in [1.54, 1.807) is 0 Å². The van der Waals surface area contributed by atoms with Gasteiger partial charge in [0.15, 0.2) is 0 Å². The van der Waals surface area contributed by atoms with Crippen LogP contribution in [0.2, 0.25) is 0 Å². The average Bonchev–Trinajstić information content (AvgIpc) is 3.51. The fourth-order valence-electron chi connectivity index (χ4n) is 6.04. The van der Waals surface area contributed by atoms with Crippen molar-refractivity contribution in [1.29, 1.82) is 0 Å². The zero-order valence-electron chi connectivity index (χ0n) is 17.7. The van der Waals surface area contributed by atoms with Crippen LogP contribution in [0.15, 0.2) is 18.2 Å². The molecule has 2 bridgehead atoms. The number of aliphatic hydroxyl groups excluding tert-OH is 1. The van der Waals surface area contributed by atoms with Crippen molar-refractivity contribution in [3.8, 4) is 0 Å². The van der Waals surface area contributed by atoms with Crippen molar-refractivity contribution >= 4 is 16.8 Å². The summed E-state index contributed by atoms with van der Waals surface area (Å²) in [5, 5.41) is 15.7. The molecule has 1 aromatic heterocycles. The summed E-state index contributed by atoms with van der Waals surface area (Å²) in [6.45, 7) is 2.19. The van der Waals surface area contributed by atoms with Gasteiger partial charge in [0.25, 0.3) is 0 Å². The molecule has 0 radical (unpaired) electrons. The summed E-state index contributed by atoms with van der Waals surface area (Å²) in [5.74, 6) is 1.31. The molecule has 1 saturated heterocycles. The fraction of sp³-hybridized carbons (Fsp3) is 0.667. The van der Waals surface area contributed by atoms with E-state index in [0.717, 1.165) is 36.4 Å². The van der Waals surface area contributed by atoms with Crippen molar-refractivity contribution in [2.75, 3.05) is 6.61 Å². The lowest BCUT2D eigenvalue weighted by Gasteiger charge is -2.49. The largest absolute Gasteiger partial charge is 0.396 e. The molecule has 3 fully saturated rings. The lowest BCUT2D eigenvalue weighted by Crippen LogP contribution is -2.55. The van der Waals surface area contributed by atoms with Crippen LogP contribution in [0.4, 0.5) is 0 Å². The van der Waals surface area contributed by atoms with Crippen LogP contribution in [0.5, 0.6) is 0 Å². The van der Waals surface area contributed by atoms with Gasteiger partial charge in [0.05, 0.1) is 17.1 Å². The highest BCUT2D eigenvalue weighted by Crippen LogP contribution is 2.45. The monoisotopic (exact) mass is 395 g/mol. The third-order valence-electron chi connectivity index (χ3n) is 7.60. The predicted molar refractivity (Wildman–Crippen MR) is 114 cm³/mol. The maximum atomic E-state index is 13.8. The van der Waals surface area contributed by atoms with Gasteiger partial charge in [-0.1, -0.05) is 25.0 Å². The van der Waals surface area contributed by atoms with Crippen LogP contribution in [0.25, 0.3) is 10.9 Å². The zero-order valence-corrected chi connectivity index (χ0v) is 17.7. The summed E-state index contributed by atoms with van der Waals surface area (Å²) in [6, 6.07) is 6.99. The number of hydrogen-bond donors (Lipinski definition) is 1. The molecule has 1 aliphatic heterocycles. The van der Waals surface area contributed by atoms with Crippen molar-refractivity contribution in [3.05, 3.63) is 29.5 Å². The van der Waals surface area contributed by atoms with Gasteiger partial charge in [0, 0.05) is 31.1 Å². The Kier molecular flexibility index (Phi) is 4.89. The number of fused-ring (bicyclic) bond motifs is 3. The summed E-state index contributed by atoms with van der Waals surface area (Å²) in [5.41, 5.74) is 3.44. The van der Waals surface area contributed by atoms with Gasteiger partial charge in [-0.15, -0.1) is 0 Å². The smallest absolute Gasteiger partial charge is 0.232 e. The number of rotatable bonds is 5. The number of hydrogen-bond acceptors (Lipinski definition) is 3. The molecule has 2 aliphatic carbocycles. The molecule has 2 aromatic rings. The van der Waals surface area contributed by atoms with E-state index < -0.39 is 0 Å². The SMILES string of the molecule is CC(C(=O)N1C(CCO)CC2CCCC1C2)c1nn(C)c2cccc(C3CC3)c12. The van der Waals surface area contributed by atoms with Crippen LogP contribution >= 0.6 is 0 Å². The van der Waals surface area contributed by atoms with Gasteiger partial charge in [0.2, 0.25) is 5.91 Å². The molecule has 5 rings (SSSR count). The predicted octanol–water partition coefficient (Wildman–Crippen LogP) is 4.10. The Labute approximate surface area is 173 Å². The number of aliphatic hydroxyl groups is 1. The first-order chi connectivity index (χ1) is 14.1. The van der Waals surface area contributed by atoms with E-state index in [1.807, 2.05) is 18.7 Å². The minimum Gasteiger partial charge on any atom is -0.396 e. The van der Waals surface area contributed by atoms with E-state index >= 15 is 0 Å². The van der Waals surface area contributed by atoms with Crippen LogP contribution in [-0.2, 0) is 11.8 Å². The standard InChI is InChI=1S/C24H33N3O2/c1-15(23-22-20(17-9-10-17)7-4-8-21(22)26(2)25-23)24(29)27-18-6-3-5-16(13-18)14-19(27)11-12-28/h4,7-8,15-19,28H,3,5-6,9-14H2,1-2H3. The molecule has 156 valence electrons. The number of amides is 1. The van der Waals surface area contributed by atoms with Crippen LogP contribution in [-0.4, -0.2) is 44.4 Å². The Bertz CT molecular complexity index is 916. The maximum Gasteiger partial charge on any atom is 0.232 e. The van der Waals surface area contributed by atoms with Crippen LogP contribution in [0.3, 0.4) is 0 Å². The van der Waals surface area contributed by atoms with E-state index in [2.05, 4.69) is 23.1 Å². The molecule has 5 nitrogen and oxygen atoms in total. The maximum absolute atomic E-state index is 13.8. The van der Waals surface area contributed by atoms with E-state index in [0.29, 0.717) is 18.4 Å². The number of piperidine rings is 1. The van der Waals surface area contributed by atoms with Crippen molar-refractivity contribution < 1.29 is 9.90 Å². The third kappa shape index (κ3) is 3.27. The van der Waals surface area contributed by atoms with Crippen LogP contribution < -0.4 is 0 Å². The lowest BCUT2D eigenvalue weighted by molar-refractivity contribution is -0.143. The Morgan fingerprint density at radius 1 is 1.24 bits per heavy atom. The van der Waals surface area contributed by atoms with Gasteiger partial charge in [-0.2, -0.15) is 5.10 Å². The van der Waals surface area contributed by atoms with E-state index in [4.69, 9.17) is 5.10 Å². The molecule has 0 spiro atoms. The number of carbonyl (C=O) groups is 1. The Balaban J connectivity index is 1.51. The molecule has 5 heteroatoms. The van der Waals surface area contributed by atoms with Crippen molar-refractivity contribution in [2.24, 2.45) is 13.0 Å². The molecule has 4 atom stereocenters. The number of nitrogens with zero attached hydrogens (tertiary/aromatic N) is 3. The molecule has 1 N–H and O–H groups in total. The molecular weight excluding hydrogens is 362 g/mol. The molecule has 4 unspecified atom stereocenters. The number of aryl methyl sites for hydroxylation is 1. The second-order valence-electron chi connectivity index (χ2n) is 9.58. The Hall–Kier alpha value is -1.88. The van der Waals surface area contributed by atoms with Gasteiger partial charge >= 0.3 is 0 Å². The first-order valence-electron chi connectivity index (χ1n) is 11.5. The minimum atomic E-state index is -0.252. The molecule has 29 heavy (non-hydrogen) atoms. The highest BCUT2D eigenvalue weighted by atomic mass is 16.3. The van der Waals surface area contributed by atoms with E-state index in [9.17, 15) is 9.90 Å².